The summed E-state index contributed by atoms with van der Waals surface area (Å²) in [5, 5.41) is 0.851. The molecule has 1 aromatic heterocycles. The lowest BCUT2D eigenvalue weighted by molar-refractivity contribution is 0.619. The van der Waals surface area contributed by atoms with E-state index in [1.165, 1.54) is 0 Å². The number of aryl methyl sites for hydroxylation is 2. The maximum absolute atomic E-state index is 13.7. The van der Waals surface area contributed by atoms with Gasteiger partial charge in [0.2, 0.25) is 0 Å². The minimum Gasteiger partial charge on any atom is -0.236 e. The highest BCUT2D eigenvalue weighted by molar-refractivity contribution is 9.10. The second-order valence-corrected chi connectivity index (χ2v) is 7.01. The van der Waals surface area contributed by atoms with Crippen LogP contribution in [-0.2, 0) is 0 Å². The first-order valence-electron chi connectivity index (χ1n) is 6.54. The van der Waals surface area contributed by atoms with Gasteiger partial charge in [-0.25, -0.2) is 9.37 Å². The Morgan fingerprint density at radius 3 is 2.33 bits per heavy atom. The third kappa shape index (κ3) is 2.92. The summed E-state index contributed by atoms with van der Waals surface area (Å²) >= 11 is 5.03. The van der Waals surface area contributed by atoms with E-state index < -0.39 is 0 Å². The van der Waals surface area contributed by atoms with Crippen LogP contribution in [0.1, 0.15) is 10.4 Å². The third-order valence-corrected chi connectivity index (χ3v) is 4.88. The van der Waals surface area contributed by atoms with Crippen LogP contribution in [-0.4, -0.2) is 4.98 Å². The number of halogens is 2. The van der Waals surface area contributed by atoms with Gasteiger partial charge in [-0.2, -0.15) is 0 Å². The Bertz CT molecular complexity index is 793. The summed E-state index contributed by atoms with van der Waals surface area (Å²) in [5.74, 6) is -0.189. The van der Waals surface area contributed by atoms with Gasteiger partial charge in [0, 0.05) is 20.5 Å². The minimum atomic E-state index is -0.189. The molecule has 106 valence electrons. The average Bonchev–Trinajstić information content (AvgIpc) is 2.85. The van der Waals surface area contributed by atoms with Crippen molar-refractivity contribution < 1.29 is 4.39 Å². The number of thiazole rings is 1. The Morgan fingerprint density at radius 1 is 1.00 bits per heavy atom. The van der Waals surface area contributed by atoms with Gasteiger partial charge in [0.25, 0.3) is 0 Å². The van der Waals surface area contributed by atoms with E-state index >= 15 is 0 Å². The van der Waals surface area contributed by atoms with Crippen molar-refractivity contribution >= 4 is 27.3 Å². The maximum Gasteiger partial charge on any atom is 0.126 e. The summed E-state index contributed by atoms with van der Waals surface area (Å²) in [4.78, 5) is 5.82. The Labute approximate surface area is 135 Å². The molecule has 0 fully saturated rings. The molecule has 4 heteroatoms. The molecule has 1 heterocycles. The maximum atomic E-state index is 13.7. The lowest BCUT2D eigenvalue weighted by Gasteiger charge is -2.00. The van der Waals surface area contributed by atoms with E-state index in [9.17, 15) is 4.39 Å². The lowest BCUT2D eigenvalue weighted by atomic mass is 10.1. The highest BCUT2D eigenvalue weighted by Crippen LogP contribution is 2.34. The van der Waals surface area contributed by atoms with E-state index in [1.54, 1.807) is 30.4 Å². The van der Waals surface area contributed by atoms with Gasteiger partial charge in [-0.1, -0.05) is 40.2 Å². The molecule has 1 nitrogen and oxygen atoms in total. The second kappa shape index (κ2) is 5.70. The van der Waals surface area contributed by atoms with Crippen molar-refractivity contribution in [1.29, 1.82) is 0 Å². The molecule has 0 atom stereocenters. The quantitative estimate of drug-likeness (QED) is 0.545. The van der Waals surface area contributed by atoms with Crippen molar-refractivity contribution in [2.24, 2.45) is 0 Å². The zero-order chi connectivity index (χ0) is 15.0. The first-order chi connectivity index (χ1) is 10.0. The number of hydrogen-bond donors (Lipinski definition) is 0. The SMILES string of the molecule is Cc1ccc(-c2nc(-c3ccc(Br)cc3)c(C)s2)cc1F. The molecule has 0 spiro atoms. The zero-order valence-corrected chi connectivity index (χ0v) is 14.1. The van der Waals surface area contributed by atoms with Crippen molar-refractivity contribution in [3.05, 3.63) is 63.2 Å². The van der Waals surface area contributed by atoms with E-state index in [2.05, 4.69) is 20.9 Å². The molecular weight excluding hydrogens is 349 g/mol. The second-order valence-electron chi connectivity index (χ2n) is 4.89. The van der Waals surface area contributed by atoms with Crippen molar-refractivity contribution in [3.8, 4) is 21.8 Å². The van der Waals surface area contributed by atoms with Crippen LogP contribution in [0.25, 0.3) is 21.8 Å². The van der Waals surface area contributed by atoms with Crippen LogP contribution in [0.15, 0.2) is 46.9 Å². The highest BCUT2D eigenvalue weighted by Gasteiger charge is 2.12. The molecule has 0 unspecified atom stereocenters. The molecule has 0 aliphatic rings. The highest BCUT2D eigenvalue weighted by atomic mass is 79.9. The monoisotopic (exact) mass is 361 g/mol. The Hall–Kier alpha value is -1.52. The standard InChI is InChI=1S/C17H13BrFNS/c1-10-3-4-13(9-15(10)19)17-20-16(11(2)21-17)12-5-7-14(18)8-6-12/h3-9H,1-2H3. The molecule has 0 saturated carbocycles. The first-order valence-corrected chi connectivity index (χ1v) is 8.15. The Morgan fingerprint density at radius 2 is 1.67 bits per heavy atom. The molecule has 0 aliphatic carbocycles. The van der Waals surface area contributed by atoms with Gasteiger partial charge in [-0.15, -0.1) is 11.3 Å². The van der Waals surface area contributed by atoms with Crippen LogP contribution in [0.5, 0.6) is 0 Å². The Balaban J connectivity index is 2.04. The molecular formula is C17H13BrFNS. The van der Waals surface area contributed by atoms with E-state index in [1.807, 2.05) is 37.3 Å². The number of rotatable bonds is 2. The van der Waals surface area contributed by atoms with Crippen LogP contribution in [0.3, 0.4) is 0 Å². The van der Waals surface area contributed by atoms with Gasteiger partial charge in [-0.05, 0) is 37.6 Å². The van der Waals surface area contributed by atoms with Crippen molar-refractivity contribution in [3.63, 3.8) is 0 Å². The molecule has 0 amide bonds. The summed E-state index contributed by atoms with van der Waals surface area (Å²) in [6.45, 7) is 3.81. The van der Waals surface area contributed by atoms with Gasteiger partial charge in [0.15, 0.2) is 0 Å². The predicted octanol–water partition coefficient (Wildman–Crippen LogP) is 6.00. The smallest absolute Gasteiger partial charge is 0.126 e. The van der Waals surface area contributed by atoms with Crippen molar-refractivity contribution in [2.75, 3.05) is 0 Å². The van der Waals surface area contributed by atoms with Crippen LogP contribution in [0, 0.1) is 19.7 Å². The van der Waals surface area contributed by atoms with Crippen molar-refractivity contribution in [2.45, 2.75) is 13.8 Å². The lowest BCUT2D eigenvalue weighted by Crippen LogP contribution is -1.84. The fourth-order valence-corrected chi connectivity index (χ4v) is 3.32. The third-order valence-electron chi connectivity index (χ3n) is 3.33. The largest absolute Gasteiger partial charge is 0.236 e. The Kier molecular flexibility index (Phi) is 3.91. The summed E-state index contributed by atoms with van der Waals surface area (Å²) < 4.78 is 14.8. The number of benzene rings is 2. The number of hydrogen-bond acceptors (Lipinski definition) is 2. The topological polar surface area (TPSA) is 12.9 Å². The summed E-state index contributed by atoms with van der Waals surface area (Å²) in [6.07, 6.45) is 0. The normalized spacial score (nSPS) is 10.9. The zero-order valence-electron chi connectivity index (χ0n) is 11.7. The van der Waals surface area contributed by atoms with Crippen LogP contribution in [0.2, 0.25) is 0 Å². The molecule has 3 aromatic rings. The summed E-state index contributed by atoms with van der Waals surface area (Å²) in [7, 11) is 0. The van der Waals surface area contributed by atoms with Crippen LogP contribution >= 0.6 is 27.3 Å². The number of aromatic nitrogens is 1. The van der Waals surface area contributed by atoms with E-state index in [0.717, 1.165) is 31.2 Å². The molecule has 2 aromatic carbocycles. The van der Waals surface area contributed by atoms with E-state index in [4.69, 9.17) is 0 Å². The predicted molar refractivity (Wildman–Crippen MR) is 90.1 cm³/mol. The summed E-state index contributed by atoms with van der Waals surface area (Å²) in [6, 6.07) is 13.3. The van der Waals surface area contributed by atoms with Crippen LogP contribution in [0.4, 0.5) is 4.39 Å². The molecule has 0 bridgehead atoms. The number of nitrogens with zero attached hydrogens (tertiary/aromatic N) is 1. The molecule has 0 N–H and O–H groups in total. The van der Waals surface area contributed by atoms with Gasteiger partial charge in [0.05, 0.1) is 5.69 Å². The molecule has 21 heavy (non-hydrogen) atoms. The van der Waals surface area contributed by atoms with Gasteiger partial charge >= 0.3 is 0 Å². The minimum absolute atomic E-state index is 0.189. The fraction of sp³-hybridized carbons (Fsp3) is 0.118. The first kappa shape index (κ1) is 14.4. The van der Waals surface area contributed by atoms with Gasteiger partial charge in [-0.3, -0.25) is 0 Å². The molecule has 0 saturated heterocycles. The van der Waals surface area contributed by atoms with E-state index in [-0.39, 0.29) is 5.82 Å². The van der Waals surface area contributed by atoms with Gasteiger partial charge < -0.3 is 0 Å². The molecule has 0 radical (unpaired) electrons. The summed E-state index contributed by atoms with van der Waals surface area (Å²) in [5.41, 5.74) is 3.52. The van der Waals surface area contributed by atoms with Gasteiger partial charge in [0.1, 0.15) is 10.8 Å². The van der Waals surface area contributed by atoms with E-state index in [0.29, 0.717) is 5.56 Å². The van der Waals surface area contributed by atoms with Crippen molar-refractivity contribution in [1.82, 2.24) is 4.98 Å². The fourth-order valence-electron chi connectivity index (χ4n) is 2.12. The average molecular weight is 362 g/mol. The molecule has 3 rings (SSSR count). The molecule has 0 aliphatic heterocycles. The van der Waals surface area contributed by atoms with Crippen LogP contribution < -0.4 is 0 Å².